The molecule has 0 spiro atoms. The zero-order valence-corrected chi connectivity index (χ0v) is 17.2. The standard InChI is InChI=1S/C20H27N5OS/c1-13(2)19-17(25-20(22-19)27-14(3)23-25)12-24-10-9-21-11-16(24)15-7-5-6-8-18(15)26-4/h5-8,13,16,21H,9-12H2,1-4H3. The van der Waals surface area contributed by atoms with E-state index < -0.39 is 0 Å². The van der Waals surface area contributed by atoms with Crippen molar-refractivity contribution in [3.05, 3.63) is 46.2 Å². The summed E-state index contributed by atoms with van der Waals surface area (Å²) in [7, 11) is 1.74. The van der Waals surface area contributed by atoms with Crippen LogP contribution in [0.4, 0.5) is 0 Å². The molecule has 1 N–H and O–H groups in total. The number of aryl methyl sites for hydroxylation is 1. The molecule has 0 bridgehead atoms. The van der Waals surface area contributed by atoms with E-state index in [1.807, 2.05) is 19.1 Å². The van der Waals surface area contributed by atoms with Crippen LogP contribution >= 0.6 is 11.3 Å². The summed E-state index contributed by atoms with van der Waals surface area (Å²) < 4.78 is 7.69. The Kier molecular flexibility index (Phi) is 5.16. The van der Waals surface area contributed by atoms with Gasteiger partial charge in [-0.25, -0.2) is 9.50 Å². The summed E-state index contributed by atoms with van der Waals surface area (Å²) in [5.74, 6) is 1.32. The zero-order chi connectivity index (χ0) is 19.0. The van der Waals surface area contributed by atoms with Gasteiger partial charge in [0.15, 0.2) is 0 Å². The van der Waals surface area contributed by atoms with E-state index >= 15 is 0 Å². The fourth-order valence-electron chi connectivity index (χ4n) is 3.89. The Balaban J connectivity index is 1.72. The third kappa shape index (κ3) is 3.47. The van der Waals surface area contributed by atoms with Crippen LogP contribution in [0.15, 0.2) is 24.3 Å². The van der Waals surface area contributed by atoms with Gasteiger partial charge < -0.3 is 10.1 Å². The number of ether oxygens (including phenoxy) is 1. The van der Waals surface area contributed by atoms with E-state index in [1.54, 1.807) is 18.4 Å². The van der Waals surface area contributed by atoms with E-state index in [-0.39, 0.29) is 6.04 Å². The second-order valence-corrected chi connectivity index (χ2v) is 8.51. The number of nitrogens with one attached hydrogen (secondary N) is 1. The molecule has 0 saturated carbocycles. The molecule has 1 unspecified atom stereocenters. The number of hydrogen-bond donors (Lipinski definition) is 1. The summed E-state index contributed by atoms with van der Waals surface area (Å²) >= 11 is 1.66. The van der Waals surface area contributed by atoms with Crippen LogP contribution in [0.5, 0.6) is 5.75 Å². The smallest absolute Gasteiger partial charge is 0.212 e. The summed E-state index contributed by atoms with van der Waals surface area (Å²) in [6.45, 7) is 10.2. The van der Waals surface area contributed by atoms with Crippen LogP contribution in [0, 0.1) is 6.92 Å². The lowest BCUT2D eigenvalue weighted by molar-refractivity contribution is 0.148. The first kappa shape index (κ1) is 18.4. The second kappa shape index (κ2) is 7.58. The molecule has 3 aromatic rings. The zero-order valence-electron chi connectivity index (χ0n) is 16.4. The van der Waals surface area contributed by atoms with Gasteiger partial charge in [0.2, 0.25) is 4.96 Å². The third-order valence-electron chi connectivity index (χ3n) is 5.18. The molecule has 3 heterocycles. The summed E-state index contributed by atoms with van der Waals surface area (Å²) in [5.41, 5.74) is 3.60. The molecule has 144 valence electrons. The van der Waals surface area contributed by atoms with Crippen LogP contribution < -0.4 is 10.1 Å². The number of fused-ring (bicyclic) bond motifs is 1. The molecule has 0 amide bonds. The van der Waals surface area contributed by atoms with Gasteiger partial charge in [0.05, 0.1) is 24.5 Å². The third-order valence-corrected chi connectivity index (χ3v) is 6.00. The van der Waals surface area contributed by atoms with E-state index in [9.17, 15) is 0 Å². The number of aromatic nitrogens is 3. The van der Waals surface area contributed by atoms with E-state index in [1.165, 1.54) is 11.3 Å². The van der Waals surface area contributed by atoms with Crippen LogP contribution in [-0.2, 0) is 6.54 Å². The predicted molar refractivity (Wildman–Crippen MR) is 109 cm³/mol. The molecule has 1 aromatic carbocycles. The Labute approximate surface area is 164 Å². The number of para-hydroxylation sites is 1. The molecular formula is C20H27N5OS. The molecule has 1 aliphatic rings. The molecule has 1 atom stereocenters. The molecule has 1 aliphatic heterocycles. The van der Waals surface area contributed by atoms with Gasteiger partial charge in [-0.2, -0.15) is 5.10 Å². The first-order chi connectivity index (χ1) is 13.1. The van der Waals surface area contributed by atoms with E-state index in [0.29, 0.717) is 5.92 Å². The fraction of sp³-hybridized carbons (Fsp3) is 0.500. The second-order valence-electron chi connectivity index (χ2n) is 7.35. The summed E-state index contributed by atoms with van der Waals surface area (Å²) in [4.78, 5) is 8.40. The molecule has 0 radical (unpaired) electrons. The lowest BCUT2D eigenvalue weighted by atomic mass is 10.0. The Morgan fingerprint density at radius 2 is 2.15 bits per heavy atom. The Morgan fingerprint density at radius 3 is 2.93 bits per heavy atom. The molecule has 4 rings (SSSR count). The van der Waals surface area contributed by atoms with E-state index in [0.717, 1.165) is 47.6 Å². The number of rotatable bonds is 5. The molecule has 1 saturated heterocycles. The normalized spacial score (nSPS) is 18.5. The van der Waals surface area contributed by atoms with Gasteiger partial charge in [-0.15, -0.1) is 0 Å². The summed E-state index contributed by atoms with van der Waals surface area (Å²) in [6.07, 6.45) is 0. The largest absolute Gasteiger partial charge is 0.496 e. The number of nitrogens with zero attached hydrogens (tertiary/aromatic N) is 4. The van der Waals surface area contributed by atoms with Crippen molar-refractivity contribution in [2.24, 2.45) is 0 Å². The average molecular weight is 386 g/mol. The number of piperazine rings is 1. The lowest BCUT2D eigenvalue weighted by Gasteiger charge is -2.37. The van der Waals surface area contributed by atoms with Gasteiger partial charge in [-0.05, 0) is 18.9 Å². The number of imidazole rings is 1. The van der Waals surface area contributed by atoms with Crippen molar-refractivity contribution in [3.63, 3.8) is 0 Å². The van der Waals surface area contributed by atoms with Crippen molar-refractivity contribution in [3.8, 4) is 5.75 Å². The maximum Gasteiger partial charge on any atom is 0.212 e. The predicted octanol–water partition coefficient (Wildman–Crippen LogP) is 3.38. The summed E-state index contributed by atoms with van der Waals surface area (Å²) in [6, 6.07) is 8.60. The van der Waals surface area contributed by atoms with Crippen LogP contribution in [0.1, 0.15) is 47.8 Å². The molecule has 1 fully saturated rings. The first-order valence-electron chi connectivity index (χ1n) is 9.51. The maximum absolute atomic E-state index is 5.63. The topological polar surface area (TPSA) is 54.7 Å². The quantitative estimate of drug-likeness (QED) is 0.730. The molecule has 7 heteroatoms. The highest BCUT2D eigenvalue weighted by molar-refractivity contribution is 7.16. The summed E-state index contributed by atoms with van der Waals surface area (Å²) in [5, 5.41) is 9.31. The minimum atomic E-state index is 0.264. The molecule has 6 nitrogen and oxygen atoms in total. The van der Waals surface area contributed by atoms with Crippen molar-refractivity contribution in [1.82, 2.24) is 24.8 Å². The van der Waals surface area contributed by atoms with Crippen molar-refractivity contribution < 1.29 is 4.74 Å². The highest BCUT2D eigenvalue weighted by Gasteiger charge is 2.29. The minimum absolute atomic E-state index is 0.264. The fourth-order valence-corrected chi connectivity index (χ4v) is 4.66. The van der Waals surface area contributed by atoms with Crippen LogP contribution in [0.25, 0.3) is 4.96 Å². The average Bonchev–Trinajstić information content (AvgIpc) is 3.19. The first-order valence-corrected chi connectivity index (χ1v) is 10.3. The monoisotopic (exact) mass is 385 g/mol. The van der Waals surface area contributed by atoms with Gasteiger partial charge in [0.1, 0.15) is 10.8 Å². The van der Waals surface area contributed by atoms with Gasteiger partial charge >= 0.3 is 0 Å². The SMILES string of the molecule is COc1ccccc1C1CNCCN1Cc1c(C(C)C)nc2sc(C)nn12. The number of benzene rings is 1. The Bertz CT molecular complexity index is 932. The van der Waals surface area contributed by atoms with Crippen LogP contribution in [-0.4, -0.2) is 46.2 Å². The Hall–Kier alpha value is -1.96. The number of methoxy groups -OCH3 is 1. The molecule has 27 heavy (non-hydrogen) atoms. The van der Waals surface area contributed by atoms with E-state index in [2.05, 4.69) is 40.7 Å². The molecule has 2 aromatic heterocycles. The van der Waals surface area contributed by atoms with Crippen molar-refractivity contribution >= 4 is 16.3 Å². The van der Waals surface area contributed by atoms with Crippen molar-refractivity contribution in [1.29, 1.82) is 0 Å². The highest BCUT2D eigenvalue weighted by atomic mass is 32.1. The van der Waals surface area contributed by atoms with Gasteiger partial charge in [-0.1, -0.05) is 43.4 Å². The van der Waals surface area contributed by atoms with Crippen molar-refractivity contribution in [2.75, 3.05) is 26.7 Å². The Morgan fingerprint density at radius 1 is 1.33 bits per heavy atom. The maximum atomic E-state index is 5.63. The van der Waals surface area contributed by atoms with Crippen LogP contribution in [0.3, 0.4) is 0 Å². The van der Waals surface area contributed by atoms with Gasteiger partial charge in [-0.3, -0.25) is 4.90 Å². The van der Waals surface area contributed by atoms with Gasteiger partial charge in [0, 0.05) is 31.7 Å². The minimum Gasteiger partial charge on any atom is -0.496 e. The van der Waals surface area contributed by atoms with Gasteiger partial charge in [0.25, 0.3) is 0 Å². The number of hydrogen-bond acceptors (Lipinski definition) is 6. The van der Waals surface area contributed by atoms with E-state index in [4.69, 9.17) is 14.8 Å². The molecular weight excluding hydrogens is 358 g/mol. The lowest BCUT2D eigenvalue weighted by Crippen LogP contribution is -2.45. The van der Waals surface area contributed by atoms with Crippen molar-refractivity contribution in [2.45, 2.75) is 39.3 Å². The van der Waals surface area contributed by atoms with Crippen LogP contribution in [0.2, 0.25) is 0 Å². The highest BCUT2D eigenvalue weighted by Crippen LogP contribution is 2.33. The molecule has 0 aliphatic carbocycles.